The van der Waals surface area contributed by atoms with Crippen LogP contribution in [0.3, 0.4) is 0 Å². The third-order valence-electron chi connectivity index (χ3n) is 2.83. The predicted octanol–water partition coefficient (Wildman–Crippen LogP) is 2.21. The average molecular weight is 200 g/mol. The molecule has 0 aliphatic heterocycles. The van der Waals surface area contributed by atoms with Crippen molar-refractivity contribution in [2.24, 2.45) is 11.8 Å². The molecule has 0 aromatic carbocycles. The maximum atomic E-state index is 3.43. The van der Waals surface area contributed by atoms with Crippen molar-refractivity contribution in [3.05, 3.63) is 0 Å². The van der Waals surface area contributed by atoms with Crippen molar-refractivity contribution in [2.45, 2.75) is 34.1 Å². The predicted molar refractivity (Wildman–Crippen MR) is 64.7 cm³/mol. The van der Waals surface area contributed by atoms with Gasteiger partial charge in [0.2, 0.25) is 0 Å². The van der Waals surface area contributed by atoms with Crippen LogP contribution in [0.4, 0.5) is 0 Å². The van der Waals surface area contributed by atoms with Crippen LogP contribution in [-0.4, -0.2) is 38.1 Å². The molecular formula is C12H28N2. The molecule has 2 heteroatoms. The van der Waals surface area contributed by atoms with Crippen LogP contribution >= 0.6 is 0 Å². The van der Waals surface area contributed by atoms with Gasteiger partial charge in [0.15, 0.2) is 0 Å². The molecule has 0 aliphatic rings. The lowest BCUT2D eigenvalue weighted by molar-refractivity contribution is 0.249. The van der Waals surface area contributed by atoms with Gasteiger partial charge in [-0.25, -0.2) is 0 Å². The fourth-order valence-corrected chi connectivity index (χ4v) is 1.37. The fraction of sp³-hybridized carbons (Fsp3) is 1.00. The van der Waals surface area contributed by atoms with Crippen LogP contribution in [0.1, 0.15) is 34.1 Å². The van der Waals surface area contributed by atoms with E-state index in [2.05, 4.69) is 45.0 Å². The summed E-state index contributed by atoms with van der Waals surface area (Å²) < 4.78 is 0. The van der Waals surface area contributed by atoms with Gasteiger partial charge < -0.3 is 10.2 Å². The first-order chi connectivity index (χ1) is 6.57. The van der Waals surface area contributed by atoms with Crippen molar-refractivity contribution in [3.8, 4) is 0 Å². The molecule has 1 N–H and O–H groups in total. The van der Waals surface area contributed by atoms with Crippen molar-refractivity contribution in [1.82, 2.24) is 10.2 Å². The first-order valence-corrected chi connectivity index (χ1v) is 5.97. The minimum Gasteiger partial charge on any atom is -0.315 e. The van der Waals surface area contributed by atoms with Gasteiger partial charge in [0, 0.05) is 19.6 Å². The zero-order valence-electron chi connectivity index (χ0n) is 10.6. The SMILES string of the molecule is CCCNCCN(C)CC(C)C(C)C. The highest BCUT2D eigenvalue weighted by molar-refractivity contribution is 4.63. The van der Waals surface area contributed by atoms with Crippen molar-refractivity contribution in [2.75, 3.05) is 33.2 Å². The van der Waals surface area contributed by atoms with E-state index < -0.39 is 0 Å². The lowest BCUT2D eigenvalue weighted by atomic mass is 9.98. The lowest BCUT2D eigenvalue weighted by Gasteiger charge is -2.23. The van der Waals surface area contributed by atoms with Crippen LogP contribution in [0.25, 0.3) is 0 Å². The quantitative estimate of drug-likeness (QED) is 0.604. The Morgan fingerprint density at radius 1 is 1.14 bits per heavy atom. The summed E-state index contributed by atoms with van der Waals surface area (Å²) in [4.78, 5) is 2.42. The highest BCUT2D eigenvalue weighted by Crippen LogP contribution is 2.09. The molecule has 0 heterocycles. The Kier molecular flexibility index (Phi) is 8.20. The molecule has 0 saturated carbocycles. The Balaban J connectivity index is 3.40. The molecule has 0 fully saturated rings. The summed E-state index contributed by atoms with van der Waals surface area (Å²) in [5.74, 6) is 1.59. The highest BCUT2D eigenvalue weighted by Gasteiger charge is 2.09. The second-order valence-corrected chi connectivity index (χ2v) is 4.73. The molecule has 1 atom stereocenters. The van der Waals surface area contributed by atoms with Gasteiger partial charge in [-0.1, -0.05) is 27.7 Å². The molecule has 0 aromatic rings. The molecule has 1 unspecified atom stereocenters. The molecule has 0 aromatic heterocycles. The summed E-state index contributed by atoms with van der Waals surface area (Å²) in [5.41, 5.74) is 0. The fourth-order valence-electron chi connectivity index (χ4n) is 1.37. The number of likely N-dealkylation sites (N-methyl/N-ethyl adjacent to an activating group) is 1. The summed E-state index contributed by atoms with van der Waals surface area (Å²) >= 11 is 0. The van der Waals surface area contributed by atoms with Crippen LogP contribution in [0.2, 0.25) is 0 Å². The highest BCUT2D eigenvalue weighted by atomic mass is 15.1. The van der Waals surface area contributed by atoms with E-state index in [1.54, 1.807) is 0 Å². The standard InChI is InChI=1S/C12H28N2/c1-6-7-13-8-9-14(5)10-12(4)11(2)3/h11-13H,6-10H2,1-5H3. The topological polar surface area (TPSA) is 15.3 Å². The Hall–Kier alpha value is -0.0800. The molecule has 0 aliphatic carbocycles. The summed E-state index contributed by atoms with van der Waals surface area (Å²) in [7, 11) is 2.21. The molecule has 0 radical (unpaired) electrons. The molecule has 2 nitrogen and oxygen atoms in total. The number of hydrogen-bond acceptors (Lipinski definition) is 2. The second kappa shape index (κ2) is 8.25. The number of nitrogens with zero attached hydrogens (tertiary/aromatic N) is 1. The van der Waals surface area contributed by atoms with Crippen molar-refractivity contribution >= 4 is 0 Å². The van der Waals surface area contributed by atoms with E-state index in [0.717, 1.165) is 31.5 Å². The van der Waals surface area contributed by atoms with E-state index in [4.69, 9.17) is 0 Å². The summed E-state index contributed by atoms with van der Waals surface area (Å²) in [5, 5.41) is 3.43. The monoisotopic (exact) mass is 200 g/mol. The van der Waals surface area contributed by atoms with Gasteiger partial charge in [-0.15, -0.1) is 0 Å². The van der Waals surface area contributed by atoms with E-state index in [1.165, 1.54) is 13.0 Å². The van der Waals surface area contributed by atoms with Crippen LogP contribution < -0.4 is 5.32 Å². The van der Waals surface area contributed by atoms with Crippen molar-refractivity contribution < 1.29 is 0 Å². The number of nitrogens with one attached hydrogen (secondary N) is 1. The van der Waals surface area contributed by atoms with Gasteiger partial charge >= 0.3 is 0 Å². The van der Waals surface area contributed by atoms with E-state index in [0.29, 0.717) is 0 Å². The molecule has 0 bridgehead atoms. The summed E-state index contributed by atoms with van der Waals surface area (Å²) in [6, 6.07) is 0. The average Bonchev–Trinajstić information content (AvgIpc) is 2.12. The van der Waals surface area contributed by atoms with Crippen LogP contribution in [0, 0.1) is 11.8 Å². The Morgan fingerprint density at radius 3 is 2.29 bits per heavy atom. The van der Waals surface area contributed by atoms with E-state index in [-0.39, 0.29) is 0 Å². The van der Waals surface area contributed by atoms with Gasteiger partial charge in [-0.05, 0) is 31.8 Å². The van der Waals surface area contributed by atoms with Gasteiger partial charge in [0.25, 0.3) is 0 Å². The maximum absolute atomic E-state index is 3.43. The zero-order valence-corrected chi connectivity index (χ0v) is 10.6. The Bertz CT molecular complexity index is 123. The van der Waals surface area contributed by atoms with E-state index in [9.17, 15) is 0 Å². The van der Waals surface area contributed by atoms with Crippen molar-refractivity contribution in [3.63, 3.8) is 0 Å². The molecule has 0 amide bonds. The first kappa shape index (κ1) is 13.9. The largest absolute Gasteiger partial charge is 0.315 e. The maximum Gasteiger partial charge on any atom is 0.0104 e. The Morgan fingerprint density at radius 2 is 1.79 bits per heavy atom. The first-order valence-electron chi connectivity index (χ1n) is 5.97. The molecule has 0 rings (SSSR count). The zero-order chi connectivity index (χ0) is 11.0. The molecule has 86 valence electrons. The molecule has 0 saturated heterocycles. The van der Waals surface area contributed by atoms with Gasteiger partial charge in [-0.2, -0.15) is 0 Å². The lowest BCUT2D eigenvalue weighted by Crippen LogP contribution is -2.33. The molecule has 14 heavy (non-hydrogen) atoms. The molecular weight excluding hydrogens is 172 g/mol. The minimum atomic E-state index is 0.793. The second-order valence-electron chi connectivity index (χ2n) is 4.73. The Labute approximate surface area is 90.1 Å². The molecule has 0 spiro atoms. The number of rotatable bonds is 8. The normalized spacial score (nSPS) is 13.9. The van der Waals surface area contributed by atoms with E-state index in [1.807, 2.05) is 0 Å². The third kappa shape index (κ3) is 7.34. The van der Waals surface area contributed by atoms with Crippen molar-refractivity contribution in [1.29, 1.82) is 0 Å². The van der Waals surface area contributed by atoms with Gasteiger partial charge in [0.05, 0.1) is 0 Å². The minimum absolute atomic E-state index is 0.793. The third-order valence-corrected chi connectivity index (χ3v) is 2.83. The number of hydrogen-bond donors (Lipinski definition) is 1. The smallest absolute Gasteiger partial charge is 0.0104 e. The van der Waals surface area contributed by atoms with Crippen LogP contribution in [-0.2, 0) is 0 Å². The van der Waals surface area contributed by atoms with Gasteiger partial charge in [-0.3, -0.25) is 0 Å². The van der Waals surface area contributed by atoms with Gasteiger partial charge in [0.1, 0.15) is 0 Å². The van der Waals surface area contributed by atoms with Crippen LogP contribution in [0.15, 0.2) is 0 Å². The van der Waals surface area contributed by atoms with E-state index >= 15 is 0 Å². The summed E-state index contributed by atoms with van der Waals surface area (Å²) in [6.07, 6.45) is 1.23. The van der Waals surface area contributed by atoms with Crippen LogP contribution in [0.5, 0.6) is 0 Å². The summed E-state index contributed by atoms with van der Waals surface area (Å²) in [6.45, 7) is 13.8.